The molecule has 1 amide bonds. The maximum atomic E-state index is 11.9. The Balaban J connectivity index is 2.13. The molecule has 0 bridgehead atoms. The van der Waals surface area contributed by atoms with E-state index in [1.807, 2.05) is 37.3 Å². The van der Waals surface area contributed by atoms with E-state index >= 15 is 0 Å². The molecule has 0 fully saturated rings. The first-order valence-electron chi connectivity index (χ1n) is 6.18. The van der Waals surface area contributed by atoms with Gasteiger partial charge in [0.2, 0.25) is 0 Å². The molecule has 0 spiro atoms. The van der Waals surface area contributed by atoms with Crippen LogP contribution in [-0.4, -0.2) is 11.6 Å². The van der Waals surface area contributed by atoms with Gasteiger partial charge in [-0.15, -0.1) is 0 Å². The number of nitrogens with zero attached hydrogens (tertiary/aromatic N) is 1. The first kappa shape index (κ1) is 13.1. The van der Waals surface area contributed by atoms with Gasteiger partial charge in [-0.1, -0.05) is 37.3 Å². The fourth-order valence-electron chi connectivity index (χ4n) is 1.78. The lowest BCUT2D eigenvalue weighted by Crippen LogP contribution is -2.20. The zero-order valence-corrected chi connectivity index (χ0v) is 11.0. The van der Waals surface area contributed by atoms with Crippen molar-refractivity contribution in [1.82, 2.24) is 5.43 Å². The molecular weight excluding hydrogens is 240 g/mol. The highest BCUT2D eigenvalue weighted by molar-refractivity contribution is 6.02. The van der Waals surface area contributed by atoms with Crippen molar-refractivity contribution in [2.24, 2.45) is 5.10 Å². The first-order valence-corrected chi connectivity index (χ1v) is 6.18. The molecule has 1 aromatic carbocycles. The summed E-state index contributed by atoms with van der Waals surface area (Å²) in [5.74, 6) is 0.332. The van der Waals surface area contributed by atoms with Crippen molar-refractivity contribution >= 4 is 11.6 Å². The number of hydrazone groups is 1. The van der Waals surface area contributed by atoms with E-state index in [9.17, 15) is 4.79 Å². The lowest BCUT2D eigenvalue weighted by Gasteiger charge is -2.04. The normalized spacial score (nSPS) is 11.4. The number of nitrogens with one attached hydrogen (secondary N) is 1. The molecule has 0 aliphatic carbocycles. The van der Waals surface area contributed by atoms with Crippen LogP contribution in [0.25, 0.3) is 0 Å². The Morgan fingerprint density at radius 3 is 2.58 bits per heavy atom. The Labute approximate surface area is 112 Å². The predicted octanol–water partition coefficient (Wildman–Crippen LogP) is 3.13. The van der Waals surface area contributed by atoms with E-state index in [1.165, 1.54) is 6.26 Å². The van der Waals surface area contributed by atoms with E-state index in [2.05, 4.69) is 10.5 Å². The molecule has 2 aromatic rings. The molecule has 1 aromatic heterocycles. The molecule has 4 heteroatoms. The maximum absolute atomic E-state index is 11.9. The average molecular weight is 256 g/mol. The number of carbonyl (C=O) groups excluding carboxylic acids is 1. The minimum absolute atomic E-state index is 0.256. The van der Waals surface area contributed by atoms with Crippen LogP contribution in [0, 0.1) is 6.92 Å². The standard InChI is InChI=1S/C15H16N2O2/c1-3-14(12-7-5-4-6-8-12)16-17-15(18)13-9-10-19-11(13)2/h4-10H,3H2,1-2H3,(H,17,18)/b16-14-. The van der Waals surface area contributed by atoms with Crippen LogP contribution in [0.5, 0.6) is 0 Å². The zero-order chi connectivity index (χ0) is 13.7. The van der Waals surface area contributed by atoms with Gasteiger partial charge in [0.1, 0.15) is 5.76 Å². The third kappa shape index (κ3) is 3.10. The van der Waals surface area contributed by atoms with Crippen LogP contribution in [0.4, 0.5) is 0 Å². The highest BCUT2D eigenvalue weighted by Gasteiger charge is 2.10. The number of aryl methyl sites for hydroxylation is 1. The molecule has 0 aliphatic heterocycles. The van der Waals surface area contributed by atoms with Crippen LogP contribution in [0.3, 0.4) is 0 Å². The summed E-state index contributed by atoms with van der Waals surface area (Å²) in [5, 5.41) is 4.18. The van der Waals surface area contributed by atoms with Crippen LogP contribution in [0.1, 0.15) is 35.0 Å². The number of benzene rings is 1. The number of hydrogen-bond donors (Lipinski definition) is 1. The smallest absolute Gasteiger partial charge is 0.274 e. The molecule has 19 heavy (non-hydrogen) atoms. The Kier molecular flexibility index (Phi) is 4.13. The van der Waals surface area contributed by atoms with Crippen LogP contribution in [0.15, 0.2) is 52.2 Å². The Bertz CT molecular complexity index is 585. The van der Waals surface area contributed by atoms with Gasteiger partial charge in [0.25, 0.3) is 5.91 Å². The van der Waals surface area contributed by atoms with Crippen LogP contribution in [-0.2, 0) is 0 Å². The Morgan fingerprint density at radius 2 is 2.00 bits per heavy atom. The fourth-order valence-corrected chi connectivity index (χ4v) is 1.78. The highest BCUT2D eigenvalue weighted by atomic mass is 16.3. The van der Waals surface area contributed by atoms with Crippen molar-refractivity contribution in [1.29, 1.82) is 0 Å². The molecule has 2 rings (SSSR count). The van der Waals surface area contributed by atoms with Gasteiger partial charge in [0.15, 0.2) is 0 Å². The Hall–Kier alpha value is -2.36. The summed E-state index contributed by atoms with van der Waals surface area (Å²) < 4.78 is 5.09. The third-order valence-electron chi connectivity index (χ3n) is 2.84. The molecule has 0 saturated heterocycles. The van der Waals surface area contributed by atoms with E-state index < -0.39 is 0 Å². The predicted molar refractivity (Wildman–Crippen MR) is 74.2 cm³/mol. The molecule has 4 nitrogen and oxygen atoms in total. The summed E-state index contributed by atoms with van der Waals surface area (Å²) in [6.45, 7) is 3.75. The molecule has 1 heterocycles. The second-order valence-electron chi connectivity index (χ2n) is 4.11. The van der Waals surface area contributed by atoms with Crippen molar-refractivity contribution in [3.63, 3.8) is 0 Å². The van der Waals surface area contributed by atoms with E-state index in [1.54, 1.807) is 13.0 Å². The second kappa shape index (κ2) is 6.00. The van der Waals surface area contributed by atoms with Gasteiger partial charge < -0.3 is 4.42 Å². The van der Waals surface area contributed by atoms with Gasteiger partial charge in [0.05, 0.1) is 17.5 Å². The minimum Gasteiger partial charge on any atom is -0.469 e. The number of amides is 1. The van der Waals surface area contributed by atoms with E-state index in [-0.39, 0.29) is 5.91 Å². The average Bonchev–Trinajstić information content (AvgIpc) is 2.87. The molecule has 0 unspecified atom stereocenters. The van der Waals surface area contributed by atoms with Gasteiger partial charge >= 0.3 is 0 Å². The number of carbonyl (C=O) groups is 1. The SMILES string of the molecule is CC/C(=N/NC(=O)c1ccoc1C)c1ccccc1. The molecule has 0 aliphatic rings. The number of hydrogen-bond acceptors (Lipinski definition) is 3. The molecule has 0 atom stereocenters. The van der Waals surface area contributed by atoms with Crippen molar-refractivity contribution in [2.45, 2.75) is 20.3 Å². The molecule has 1 N–H and O–H groups in total. The molecule has 0 saturated carbocycles. The van der Waals surface area contributed by atoms with Gasteiger partial charge in [-0.25, -0.2) is 5.43 Å². The van der Waals surface area contributed by atoms with Crippen molar-refractivity contribution in [3.8, 4) is 0 Å². The zero-order valence-electron chi connectivity index (χ0n) is 11.0. The van der Waals surface area contributed by atoms with Crippen LogP contribution in [0.2, 0.25) is 0 Å². The minimum atomic E-state index is -0.256. The fraction of sp³-hybridized carbons (Fsp3) is 0.200. The van der Waals surface area contributed by atoms with Crippen LogP contribution >= 0.6 is 0 Å². The maximum Gasteiger partial charge on any atom is 0.274 e. The number of furan rings is 1. The Morgan fingerprint density at radius 1 is 1.26 bits per heavy atom. The summed E-state index contributed by atoms with van der Waals surface area (Å²) in [6.07, 6.45) is 2.24. The van der Waals surface area contributed by atoms with E-state index in [0.29, 0.717) is 11.3 Å². The quantitative estimate of drug-likeness (QED) is 0.675. The van der Waals surface area contributed by atoms with E-state index in [0.717, 1.165) is 17.7 Å². The second-order valence-corrected chi connectivity index (χ2v) is 4.11. The summed E-state index contributed by atoms with van der Waals surface area (Å²) in [4.78, 5) is 11.9. The lowest BCUT2D eigenvalue weighted by atomic mass is 10.1. The van der Waals surface area contributed by atoms with Gasteiger partial charge in [-0.05, 0) is 25.0 Å². The summed E-state index contributed by atoms with van der Waals surface area (Å²) >= 11 is 0. The van der Waals surface area contributed by atoms with Gasteiger partial charge in [-0.2, -0.15) is 5.10 Å². The first-order chi connectivity index (χ1) is 9.22. The summed E-state index contributed by atoms with van der Waals surface area (Å²) in [7, 11) is 0. The van der Waals surface area contributed by atoms with Crippen molar-refractivity contribution in [2.75, 3.05) is 0 Å². The van der Waals surface area contributed by atoms with E-state index in [4.69, 9.17) is 4.42 Å². The monoisotopic (exact) mass is 256 g/mol. The molecular formula is C15H16N2O2. The lowest BCUT2D eigenvalue weighted by molar-refractivity contribution is 0.0953. The van der Waals surface area contributed by atoms with Crippen molar-refractivity contribution in [3.05, 3.63) is 59.5 Å². The summed E-state index contributed by atoms with van der Waals surface area (Å²) in [5.41, 5.74) is 4.92. The van der Waals surface area contributed by atoms with Crippen molar-refractivity contribution < 1.29 is 9.21 Å². The van der Waals surface area contributed by atoms with Gasteiger partial charge in [0, 0.05) is 0 Å². The summed E-state index contributed by atoms with van der Waals surface area (Å²) in [6, 6.07) is 11.4. The molecule has 98 valence electrons. The highest BCUT2D eigenvalue weighted by Crippen LogP contribution is 2.09. The van der Waals surface area contributed by atoms with Crippen LogP contribution < -0.4 is 5.43 Å². The van der Waals surface area contributed by atoms with Gasteiger partial charge in [-0.3, -0.25) is 4.79 Å². The third-order valence-corrected chi connectivity index (χ3v) is 2.84. The largest absolute Gasteiger partial charge is 0.469 e. The number of rotatable bonds is 4. The topological polar surface area (TPSA) is 54.6 Å². The molecule has 0 radical (unpaired) electrons.